The molecule has 0 aliphatic carbocycles. The second kappa shape index (κ2) is 73.5. The highest BCUT2D eigenvalue weighted by Crippen LogP contribution is 2.19. The van der Waals surface area contributed by atoms with E-state index in [1.807, 2.05) is 0 Å². The van der Waals surface area contributed by atoms with E-state index < -0.39 is 12.1 Å². The Hall–Kier alpha value is -1.92. The summed E-state index contributed by atoms with van der Waals surface area (Å²) in [6.07, 6.45) is 95.0. The number of amides is 1. The van der Waals surface area contributed by atoms with Crippen LogP contribution in [0, 0.1) is 0 Å². The molecule has 496 valence electrons. The van der Waals surface area contributed by atoms with Gasteiger partial charge in [-0.15, -0.1) is 0 Å². The van der Waals surface area contributed by atoms with Gasteiger partial charge >= 0.3 is 5.97 Å². The highest BCUT2D eigenvalue weighted by atomic mass is 16.5. The van der Waals surface area contributed by atoms with Crippen molar-refractivity contribution < 1.29 is 24.5 Å². The van der Waals surface area contributed by atoms with Crippen LogP contribution in [0.5, 0.6) is 0 Å². The summed E-state index contributed by atoms with van der Waals surface area (Å²) >= 11 is 0. The summed E-state index contributed by atoms with van der Waals surface area (Å²) < 4.78 is 5.48. The molecule has 84 heavy (non-hydrogen) atoms. The van der Waals surface area contributed by atoms with E-state index in [0.717, 1.165) is 51.4 Å². The number of esters is 1. The lowest BCUT2D eigenvalue weighted by Crippen LogP contribution is -2.45. The second-order valence-corrected chi connectivity index (χ2v) is 26.3. The van der Waals surface area contributed by atoms with Gasteiger partial charge in [0, 0.05) is 12.8 Å². The molecule has 0 aliphatic rings. The fraction of sp³-hybridized carbons (Fsp3) is 0.897. The zero-order valence-electron chi connectivity index (χ0n) is 56.9. The molecule has 0 spiro atoms. The van der Waals surface area contributed by atoms with Crippen molar-refractivity contribution in [1.29, 1.82) is 0 Å². The molecule has 2 atom stereocenters. The third-order valence-corrected chi connectivity index (χ3v) is 17.9. The van der Waals surface area contributed by atoms with Gasteiger partial charge < -0.3 is 20.3 Å². The Labute approximate surface area is 525 Å². The van der Waals surface area contributed by atoms with Crippen LogP contribution in [-0.4, -0.2) is 47.4 Å². The monoisotopic (exact) mass is 1180 g/mol. The third kappa shape index (κ3) is 69.2. The number of allylic oxidation sites excluding steroid dienone is 6. The van der Waals surface area contributed by atoms with Crippen molar-refractivity contribution in [2.24, 2.45) is 0 Å². The average Bonchev–Trinajstić information content (AvgIpc) is 3.51. The van der Waals surface area contributed by atoms with Crippen LogP contribution in [0.4, 0.5) is 0 Å². The number of carbonyl (C=O) groups is 2. The van der Waals surface area contributed by atoms with Gasteiger partial charge in [-0.25, -0.2) is 0 Å². The molecule has 0 aliphatic heterocycles. The Morgan fingerprint density at radius 3 is 0.952 bits per heavy atom. The number of carbonyl (C=O) groups excluding carboxylic acids is 2. The molecule has 3 N–H and O–H groups in total. The maximum absolute atomic E-state index is 12.6. The van der Waals surface area contributed by atoms with Crippen molar-refractivity contribution in [2.75, 3.05) is 13.2 Å². The van der Waals surface area contributed by atoms with E-state index in [-0.39, 0.29) is 18.5 Å². The van der Waals surface area contributed by atoms with E-state index in [1.54, 1.807) is 0 Å². The minimum atomic E-state index is -0.665. The van der Waals surface area contributed by atoms with Crippen LogP contribution in [-0.2, 0) is 14.3 Å². The highest BCUT2D eigenvalue weighted by Gasteiger charge is 2.20. The summed E-state index contributed by atoms with van der Waals surface area (Å²) in [7, 11) is 0. The molecule has 0 rings (SSSR count). The van der Waals surface area contributed by atoms with Gasteiger partial charge in [0.25, 0.3) is 0 Å². The Morgan fingerprint density at radius 1 is 0.333 bits per heavy atom. The van der Waals surface area contributed by atoms with Crippen LogP contribution < -0.4 is 5.32 Å². The van der Waals surface area contributed by atoms with Gasteiger partial charge in [-0.1, -0.05) is 371 Å². The molecular formula is C78H149NO5. The van der Waals surface area contributed by atoms with E-state index >= 15 is 0 Å². The topological polar surface area (TPSA) is 95.9 Å². The quantitative estimate of drug-likeness (QED) is 0.0320. The van der Waals surface area contributed by atoms with Crippen LogP contribution in [0.2, 0.25) is 0 Å². The van der Waals surface area contributed by atoms with Crippen molar-refractivity contribution in [2.45, 2.75) is 437 Å². The molecule has 0 aromatic heterocycles. The Kier molecular flexibility index (Phi) is 71.9. The summed E-state index contributed by atoms with van der Waals surface area (Å²) in [4.78, 5) is 24.6. The molecule has 0 saturated carbocycles. The lowest BCUT2D eigenvalue weighted by Gasteiger charge is -2.22. The Bertz CT molecular complexity index is 1360. The molecular weight excluding hydrogens is 1030 g/mol. The number of hydrogen-bond donors (Lipinski definition) is 3. The van der Waals surface area contributed by atoms with Gasteiger partial charge in [-0.05, 0) is 77.0 Å². The van der Waals surface area contributed by atoms with Crippen LogP contribution in [0.3, 0.4) is 0 Å². The van der Waals surface area contributed by atoms with Gasteiger partial charge in [-0.2, -0.15) is 0 Å². The van der Waals surface area contributed by atoms with Crippen molar-refractivity contribution in [3.8, 4) is 0 Å². The number of unbranched alkanes of at least 4 members (excludes halogenated alkanes) is 55. The molecule has 6 heteroatoms. The van der Waals surface area contributed by atoms with Crippen LogP contribution in [0.25, 0.3) is 0 Å². The first kappa shape index (κ1) is 82.1. The molecule has 1 amide bonds. The van der Waals surface area contributed by atoms with Crippen LogP contribution in [0.15, 0.2) is 36.5 Å². The van der Waals surface area contributed by atoms with Gasteiger partial charge in [-0.3, -0.25) is 9.59 Å². The zero-order chi connectivity index (χ0) is 60.6. The van der Waals surface area contributed by atoms with Crippen molar-refractivity contribution in [3.05, 3.63) is 36.5 Å². The first-order valence-corrected chi connectivity index (χ1v) is 38.2. The highest BCUT2D eigenvalue weighted by molar-refractivity contribution is 5.76. The van der Waals surface area contributed by atoms with Gasteiger partial charge in [0.05, 0.1) is 25.4 Å². The van der Waals surface area contributed by atoms with Crippen LogP contribution >= 0.6 is 0 Å². The summed E-state index contributed by atoms with van der Waals surface area (Å²) in [5.74, 6) is -0.0255. The molecule has 0 fully saturated rings. The van der Waals surface area contributed by atoms with E-state index in [1.165, 1.54) is 340 Å². The maximum atomic E-state index is 12.6. The normalized spacial score (nSPS) is 12.7. The molecule has 0 aromatic rings. The Morgan fingerprint density at radius 2 is 0.607 bits per heavy atom. The fourth-order valence-electron chi connectivity index (χ4n) is 12.1. The van der Waals surface area contributed by atoms with E-state index in [9.17, 15) is 19.8 Å². The number of ether oxygens (including phenoxy) is 1. The van der Waals surface area contributed by atoms with Gasteiger partial charge in [0.1, 0.15) is 0 Å². The summed E-state index contributed by atoms with van der Waals surface area (Å²) in [5.41, 5.74) is 0. The minimum Gasteiger partial charge on any atom is -0.466 e. The second-order valence-electron chi connectivity index (χ2n) is 26.3. The zero-order valence-corrected chi connectivity index (χ0v) is 56.9. The lowest BCUT2D eigenvalue weighted by molar-refractivity contribution is -0.143. The van der Waals surface area contributed by atoms with Gasteiger partial charge in [0.15, 0.2) is 0 Å². The van der Waals surface area contributed by atoms with E-state index in [4.69, 9.17) is 4.74 Å². The summed E-state index contributed by atoms with van der Waals surface area (Å²) in [6.45, 7) is 4.95. The maximum Gasteiger partial charge on any atom is 0.305 e. The number of rotatable bonds is 72. The Balaban J connectivity index is 3.37. The first-order valence-electron chi connectivity index (χ1n) is 38.2. The molecule has 0 saturated heterocycles. The smallest absolute Gasteiger partial charge is 0.305 e. The standard InChI is InChI=1S/C78H149NO5/c1-3-5-7-9-11-13-15-17-19-20-21-22-31-34-37-40-43-46-50-54-58-62-66-70-76(81)75(74-80)79-77(82)71-67-63-59-55-51-47-44-41-38-35-32-29-27-25-23-24-26-28-30-33-36-39-42-45-49-53-57-61-65-69-73-84-78(83)72-68-64-60-56-52-48-18-16-14-12-10-8-6-4-2/h10,12,16,18,24,26,75-76,80-81H,3-9,11,13-15,17,19-23,25,27-74H2,1-2H3,(H,79,82)/b12-10-,18-16-,26-24-. The van der Waals surface area contributed by atoms with Crippen molar-refractivity contribution in [1.82, 2.24) is 5.32 Å². The molecule has 6 nitrogen and oxygen atoms in total. The number of aliphatic hydroxyl groups excluding tert-OH is 2. The molecule has 0 radical (unpaired) electrons. The number of aliphatic hydroxyl groups is 2. The average molecular weight is 1180 g/mol. The molecule has 0 heterocycles. The number of hydrogen-bond acceptors (Lipinski definition) is 5. The molecule has 0 bridgehead atoms. The summed E-state index contributed by atoms with van der Waals surface area (Å²) in [5, 5.41) is 23.5. The van der Waals surface area contributed by atoms with Gasteiger partial charge in [0.2, 0.25) is 5.91 Å². The van der Waals surface area contributed by atoms with E-state index in [2.05, 4.69) is 55.6 Å². The first-order chi connectivity index (χ1) is 41.5. The van der Waals surface area contributed by atoms with Crippen molar-refractivity contribution >= 4 is 11.9 Å². The summed E-state index contributed by atoms with van der Waals surface area (Å²) in [6, 6.07) is -0.542. The van der Waals surface area contributed by atoms with Crippen molar-refractivity contribution in [3.63, 3.8) is 0 Å². The fourth-order valence-corrected chi connectivity index (χ4v) is 12.1. The van der Waals surface area contributed by atoms with Crippen LogP contribution in [0.1, 0.15) is 425 Å². The lowest BCUT2D eigenvalue weighted by atomic mass is 10.0. The predicted octanol–water partition coefficient (Wildman–Crippen LogP) is 25.0. The molecule has 0 aromatic carbocycles. The minimum absolute atomic E-state index is 0.00306. The number of nitrogens with one attached hydrogen (secondary N) is 1. The SMILES string of the molecule is CCCC/C=C\C/C=C\CCCCCCCC(=O)OCCCCCCCCCCCCCC/C=C\CCCCCCCCCCCCCCCCC(=O)NC(CO)C(O)CCCCCCCCCCCCCCCCCCCCCCCCC. The third-order valence-electron chi connectivity index (χ3n) is 17.9. The molecule has 2 unspecified atom stereocenters. The predicted molar refractivity (Wildman–Crippen MR) is 370 cm³/mol. The largest absolute Gasteiger partial charge is 0.466 e. The van der Waals surface area contributed by atoms with E-state index in [0.29, 0.717) is 25.9 Å².